The summed E-state index contributed by atoms with van der Waals surface area (Å²) in [6.45, 7) is 23.4. The van der Waals surface area contributed by atoms with Crippen LogP contribution in [0.25, 0.3) is 0 Å². The summed E-state index contributed by atoms with van der Waals surface area (Å²) in [6, 6.07) is 0. The minimum absolute atomic E-state index is 0.127. The molecule has 2 aliphatic carbocycles. The van der Waals surface area contributed by atoms with Gasteiger partial charge in [0.2, 0.25) is 0 Å². The molecule has 0 heterocycles. The van der Waals surface area contributed by atoms with Gasteiger partial charge in [-0.1, -0.05) is 53.2 Å². The lowest BCUT2D eigenvalue weighted by Crippen LogP contribution is -2.59. The fraction of sp³-hybridized carbons (Fsp3) is 0.880. The van der Waals surface area contributed by atoms with Gasteiger partial charge in [-0.3, -0.25) is 4.79 Å². The van der Waals surface area contributed by atoms with Gasteiger partial charge in [0.25, 0.3) is 0 Å². The van der Waals surface area contributed by atoms with Gasteiger partial charge in [0, 0.05) is 6.42 Å². The lowest BCUT2D eigenvalue weighted by atomic mass is 9.60. The smallest absolute Gasteiger partial charge is 0.305 e. The van der Waals surface area contributed by atoms with Crippen LogP contribution in [0.1, 0.15) is 73.6 Å². The largest absolute Gasteiger partial charge is 0.469 e. The van der Waals surface area contributed by atoms with Gasteiger partial charge in [0.1, 0.15) is 0 Å². The van der Waals surface area contributed by atoms with E-state index in [2.05, 4.69) is 73.8 Å². The molecule has 6 heteroatoms. The first-order chi connectivity index (χ1) is 14.0. The second-order valence-electron chi connectivity index (χ2n) is 12.7. The zero-order chi connectivity index (χ0) is 23.8. The third-order valence-corrected chi connectivity index (χ3v) is 17.5. The topological polar surface area (TPSA) is 44.8 Å². The van der Waals surface area contributed by atoms with E-state index in [1.165, 1.54) is 19.1 Å². The Kier molecular flexibility index (Phi) is 8.16. The van der Waals surface area contributed by atoms with Crippen LogP contribution in [0.4, 0.5) is 0 Å². The Labute approximate surface area is 193 Å². The molecule has 4 atom stereocenters. The van der Waals surface area contributed by atoms with E-state index in [-0.39, 0.29) is 28.3 Å². The monoisotopic (exact) mass is 468 g/mol. The molecule has 2 fully saturated rings. The van der Waals surface area contributed by atoms with Crippen molar-refractivity contribution in [1.29, 1.82) is 0 Å². The summed E-state index contributed by atoms with van der Waals surface area (Å²) in [4.78, 5) is 11.5. The maximum Gasteiger partial charge on any atom is 0.305 e. The van der Waals surface area contributed by atoms with Crippen molar-refractivity contribution in [2.45, 2.75) is 122 Å². The molecule has 0 aromatic carbocycles. The molecular formula is C25H48O4Si2. The Morgan fingerprint density at radius 1 is 0.968 bits per heavy atom. The molecule has 0 amide bonds. The van der Waals surface area contributed by atoms with Crippen LogP contribution >= 0.6 is 0 Å². The van der Waals surface area contributed by atoms with Gasteiger partial charge < -0.3 is 13.6 Å². The predicted octanol–water partition coefficient (Wildman–Crippen LogP) is 7.08. The highest BCUT2D eigenvalue weighted by molar-refractivity contribution is 6.74. The predicted molar refractivity (Wildman–Crippen MR) is 134 cm³/mol. The van der Waals surface area contributed by atoms with Crippen molar-refractivity contribution in [3.05, 3.63) is 11.6 Å². The maximum absolute atomic E-state index is 11.5. The molecule has 0 radical (unpaired) electrons. The van der Waals surface area contributed by atoms with Crippen LogP contribution in [0.5, 0.6) is 0 Å². The average Bonchev–Trinajstić information content (AvgIpc) is 2.58. The minimum atomic E-state index is -1.91. The van der Waals surface area contributed by atoms with Gasteiger partial charge in [-0.15, -0.1) is 0 Å². The summed E-state index contributed by atoms with van der Waals surface area (Å²) in [5, 5.41) is 0.383. The van der Waals surface area contributed by atoms with Crippen LogP contribution in [-0.2, 0) is 18.4 Å². The number of hydrogen-bond donors (Lipinski definition) is 0. The van der Waals surface area contributed by atoms with E-state index >= 15 is 0 Å². The molecule has 0 bridgehead atoms. The lowest BCUT2D eigenvalue weighted by molar-refractivity contribution is -0.140. The second-order valence-corrected chi connectivity index (χ2v) is 22.2. The molecule has 4 nitrogen and oxygen atoms in total. The van der Waals surface area contributed by atoms with Crippen molar-refractivity contribution in [3.63, 3.8) is 0 Å². The number of allylic oxidation sites excluding steroid dienone is 2. The molecule has 0 aromatic rings. The first-order valence-electron chi connectivity index (χ1n) is 12.1. The van der Waals surface area contributed by atoms with E-state index in [1.54, 1.807) is 0 Å². The molecule has 4 unspecified atom stereocenters. The molecule has 0 saturated heterocycles. The van der Waals surface area contributed by atoms with Crippen LogP contribution in [0, 0.1) is 11.8 Å². The Morgan fingerprint density at radius 2 is 1.52 bits per heavy atom. The quantitative estimate of drug-likeness (QED) is 0.227. The van der Waals surface area contributed by atoms with E-state index in [1.807, 2.05) is 0 Å². The molecule has 31 heavy (non-hydrogen) atoms. The summed E-state index contributed by atoms with van der Waals surface area (Å²) >= 11 is 0. The number of rotatable bonds is 7. The summed E-state index contributed by atoms with van der Waals surface area (Å²) in [5.74, 6) is 1.01. The summed E-state index contributed by atoms with van der Waals surface area (Å²) in [5.41, 5.74) is 1.52. The van der Waals surface area contributed by atoms with Crippen molar-refractivity contribution in [2.24, 2.45) is 11.8 Å². The first-order valence-corrected chi connectivity index (χ1v) is 17.9. The second kappa shape index (κ2) is 9.43. The highest BCUT2D eigenvalue weighted by Gasteiger charge is 2.53. The average molecular weight is 469 g/mol. The van der Waals surface area contributed by atoms with Crippen LogP contribution in [0.15, 0.2) is 11.6 Å². The van der Waals surface area contributed by atoms with Crippen LogP contribution < -0.4 is 0 Å². The number of carbonyl (C=O) groups is 1. The van der Waals surface area contributed by atoms with Crippen molar-refractivity contribution in [2.75, 3.05) is 7.11 Å². The number of ether oxygens (including phenoxy) is 1. The fourth-order valence-electron chi connectivity index (χ4n) is 4.28. The van der Waals surface area contributed by atoms with Crippen LogP contribution in [-0.4, -0.2) is 41.9 Å². The van der Waals surface area contributed by atoms with Gasteiger partial charge in [-0.05, 0) is 73.8 Å². The zero-order valence-corrected chi connectivity index (χ0v) is 24.1. The molecule has 0 N–H and O–H groups in total. The third kappa shape index (κ3) is 6.12. The van der Waals surface area contributed by atoms with Crippen molar-refractivity contribution in [3.8, 4) is 0 Å². The molecule has 0 aliphatic heterocycles. The number of esters is 1. The minimum Gasteiger partial charge on any atom is -0.469 e. The summed E-state index contributed by atoms with van der Waals surface area (Å²) in [7, 11) is -2.31. The van der Waals surface area contributed by atoms with Crippen molar-refractivity contribution < 1.29 is 18.4 Å². The number of carbonyl (C=O) groups excluding carboxylic acids is 1. The van der Waals surface area contributed by atoms with Crippen molar-refractivity contribution in [1.82, 2.24) is 0 Å². The van der Waals surface area contributed by atoms with E-state index in [0.717, 1.165) is 19.3 Å². The third-order valence-electron chi connectivity index (χ3n) is 8.49. The van der Waals surface area contributed by atoms with E-state index in [9.17, 15) is 4.79 Å². The molecule has 0 spiro atoms. The molecule has 2 aliphatic rings. The standard InChI is InChI=1S/C25H48O4Si2/c1-24(2,3)30(8,9)28-21-16-15-19-18(13-12-14-22(26)27-7)17-20(19)23(21)29-31(10,11)25(4,5)6/h13,19-21,23H,12,14-17H2,1-11H3. The Balaban J connectivity index is 2.20. The Hall–Kier alpha value is -0.436. The summed E-state index contributed by atoms with van der Waals surface area (Å²) < 4.78 is 18.9. The highest BCUT2D eigenvalue weighted by Crippen LogP contribution is 2.53. The molecular weight excluding hydrogens is 420 g/mol. The van der Waals surface area contributed by atoms with Gasteiger partial charge in [-0.2, -0.15) is 0 Å². The van der Waals surface area contributed by atoms with E-state index in [0.29, 0.717) is 18.3 Å². The van der Waals surface area contributed by atoms with Crippen molar-refractivity contribution >= 4 is 22.6 Å². The number of fused-ring (bicyclic) bond motifs is 1. The van der Waals surface area contributed by atoms with Gasteiger partial charge in [0.05, 0.1) is 19.3 Å². The van der Waals surface area contributed by atoms with Gasteiger partial charge in [0.15, 0.2) is 16.6 Å². The summed E-state index contributed by atoms with van der Waals surface area (Å²) in [6.07, 6.45) is 7.26. The Morgan fingerprint density at radius 3 is 2.03 bits per heavy atom. The highest BCUT2D eigenvalue weighted by atomic mass is 28.4. The normalized spacial score (nSPS) is 28.8. The van der Waals surface area contributed by atoms with Gasteiger partial charge in [-0.25, -0.2) is 0 Å². The lowest BCUT2D eigenvalue weighted by Gasteiger charge is -2.55. The Bertz CT molecular complexity index is 670. The van der Waals surface area contributed by atoms with Crippen LogP contribution in [0.2, 0.25) is 36.3 Å². The van der Waals surface area contributed by atoms with Gasteiger partial charge >= 0.3 is 5.97 Å². The molecule has 0 aromatic heterocycles. The van der Waals surface area contributed by atoms with Crippen LogP contribution in [0.3, 0.4) is 0 Å². The molecule has 2 saturated carbocycles. The van der Waals surface area contributed by atoms with E-state index < -0.39 is 16.6 Å². The maximum atomic E-state index is 11.5. The SMILES string of the molecule is COC(=O)CCC=C1CC2C1CCC(O[Si](C)(C)C(C)(C)C)C2O[Si](C)(C)C(C)(C)C. The number of hydrogen-bond acceptors (Lipinski definition) is 4. The molecule has 2 rings (SSSR count). The zero-order valence-electron chi connectivity index (χ0n) is 22.1. The first kappa shape index (κ1) is 26.8. The van der Waals surface area contributed by atoms with E-state index in [4.69, 9.17) is 13.6 Å². The fourth-order valence-corrected chi connectivity index (χ4v) is 7.01. The number of methoxy groups -OCH3 is 1. The molecule has 180 valence electrons.